The molecule has 0 radical (unpaired) electrons. The van der Waals surface area contributed by atoms with Gasteiger partial charge in [0.25, 0.3) is 11.8 Å². The standard InChI is InChI=1S/C25H27N7O2.C24H25N7O.C23H25N5O.C22H23N5O/c1-31-9-11-32(12-10-31)24(33)23-15-18-14-19(3-4-20(18)29-23)28-25-27-8-6-21(30-25)22-13-17(16-34-2)5-7-26-22;1-16-5-7-25-21(13-16)20-6-8-26-24(29-20)27-18-3-4-19-17(14-18)15-22(28-19)23(32)31-11-9-30(2)10-12-31;1-23(2,3)21-13-16-12-17(5-6-18(16)27-21)26-22-25-10-8-19(28-22)20-11-15(14-29-4)7-9-24-20;1-22(2,3)20-12-15-11-16(4-5-17(15)26-20)25-21-24-9-7-18(27-21)19-10-14(13-28)6-8-23-19/h3-8,13-15,29H,9-12,16H2,1-2H3,(H,27,28,30);3-8,13-15,28H,9-12H2,1-2H3,(H,26,27,29);5-13,27H,14H2,1-4H3,(H,25,26,28);4-12,26,28H,13H2,1-3H3,(H,24,25,27). The molecule has 29 heteroatoms. The third-order valence-electron chi connectivity index (χ3n) is 21.0. The van der Waals surface area contributed by atoms with Crippen molar-refractivity contribution in [1.82, 2.24) is 99.3 Å². The van der Waals surface area contributed by atoms with Crippen molar-refractivity contribution < 1.29 is 24.2 Å². The largest absolute Gasteiger partial charge is 0.392 e. The van der Waals surface area contributed by atoms with E-state index in [9.17, 15) is 14.7 Å². The quantitative estimate of drug-likeness (QED) is 0.0363. The number of hydrogen-bond donors (Lipinski definition) is 9. The molecular weight excluding hydrogens is 1550 g/mol. The number of carbonyl (C=O) groups excluding carboxylic acids is 2. The average molecular weight is 1650 g/mol. The highest BCUT2D eigenvalue weighted by Gasteiger charge is 2.25. The monoisotopic (exact) mass is 1640 g/mol. The van der Waals surface area contributed by atoms with Crippen LogP contribution in [0.3, 0.4) is 0 Å². The SMILES string of the molecule is CC(C)(C)c1cc2cc(Nc3nccc(-c4cc(CO)ccn4)n3)ccc2[nH]1.COCc1ccnc(-c2ccnc(Nc3ccc4[nH]c(C(=O)N5CCN(C)CC5)cc4c3)n2)c1.COCc1ccnc(-c2ccnc(Nc3ccc4[nH]c(C(C)(C)C)cc4c3)n2)c1.Cc1ccnc(-c2ccnc(Nc3ccc4[nH]c(C(=O)N5CCN(C)CC5)cc4c3)n2)c1. The first kappa shape index (κ1) is 83.9. The first-order valence-electron chi connectivity index (χ1n) is 40.7. The molecule has 14 heterocycles. The number of rotatable bonds is 19. The summed E-state index contributed by atoms with van der Waals surface area (Å²) in [6.45, 7) is 22.8. The number of nitrogens with zero attached hydrogens (tertiary/aromatic N) is 16. The Balaban J connectivity index is 0.000000128. The van der Waals surface area contributed by atoms with Crippen LogP contribution < -0.4 is 21.3 Å². The number of likely N-dealkylation sites (N-methyl/N-ethyl adjacent to an activating group) is 2. The number of pyridine rings is 4. The lowest BCUT2D eigenvalue weighted by molar-refractivity contribution is 0.0652. The normalized spacial score (nSPS) is 13.2. The number of aromatic amines is 4. The Morgan fingerprint density at radius 1 is 0.358 bits per heavy atom. The van der Waals surface area contributed by atoms with Crippen LogP contribution in [0.15, 0.2) is 219 Å². The van der Waals surface area contributed by atoms with Crippen LogP contribution >= 0.6 is 0 Å². The summed E-state index contributed by atoms with van der Waals surface area (Å²) < 4.78 is 10.4. The minimum atomic E-state index is -0.0288. The zero-order valence-corrected chi connectivity index (χ0v) is 70.8. The van der Waals surface area contributed by atoms with E-state index in [1.807, 2.05) is 138 Å². The minimum absolute atomic E-state index is 0.0288. The van der Waals surface area contributed by atoms with Gasteiger partial charge in [-0.15, -0.1) is 0 Å². The first-order valence-corrected chi connectivity index (χ1v) is 40.7. The number of methoxy groups -OCH3 is 2. The summed E-state index contributed by atoms with van der Waals surface area (Å²) in [5, 5.41) is 26.6. The minimum Gasteiger partial charge on any atom is -0.392 e. The van der Waals surface area contributed by atoms with Crippen LogP contribution in [0.2, 0.25) is 0 Å². The summed E-state index contributed by atoms with van der Waals surface area (Å²) in [5.41, 5.74) is 21.4. The highest BCUT2D eigenvalue weighted by atomic mass is 16.5. The number of anilines is 8. The first-order chi connectivity index (χ1) is 59.5. The van der Waals surface area contributed by atoms with Gasteiger partial charge in [-0.2, -0.15) is 0 Å². The van der Waals surface area contributed by atoms with Gasteiger partial charge in [-0.1, -0.05) is 41.5 Å². The molecule has 4 aromatic carbocycles. The van der Waals surface area contributed by atoms with Gasteiger partial charge in [0.1, 0.15) is 11.4 Å². The van der Waals surface area contributed by atoms with Gasteiger partial charge in [0, 0.05) is 205 Å². The van der Waals surface area contributed by atoms with Gasteiger partial charge in [0.2, 0.25) is 23.8 Å². The van der Waals surface area contributed by atoms with Crippen LogP contribution in [0, 0.1) is 6.92 Å². The second-order valence-corrected chi connectivity index (χ2v) is 32.6. The topological polar surface area (TPSA) is 352 Å². The predicted molar refractivity (Wildman–Crippen MR) is 484 cm³/mol. The van der Waals surface area contributed by atoms with E-state index in [2.05, 4.69) is 203 Å². The lowest BCUT2D eigenvalue weighted by Gasteiger charge is -2.32. The Labute approximate surface area is 712 Å². The van der Waals surface area contributed by atoms with Gasteiger partial charge in [-0.25, -0.2) is 39.9 Å². The number of ether oxygens (including phenoxy) is 2. The number of benzene rings is 4. The number of piperazine rings is 2. The van der Waals surface area contributed by atoms with Gasteiger partial charge in [0.15, 0.2) is 0 Å². The summed E-state index contributed by atoms with van der Waals surface area (Å²) >= 11 is 0. The van der Waals surface area contributed by atoms with E-state index in [1.54, 1.807) is 75.9 Å². The molecular formula is C94H100N24O5. The molecule has 16 aromatic rings. The van der Waals surface area contributed by atoms with Crippen LogP contribution in [0.1, 0.15) is 96.2 Å². The molecule has 0 saturated carbocycles. The number of fused-ring (bicyclic) bond motifs is 4. The predicted octanol–water partition coefficient (Wildman–Crippen LogP) is 16.5. The van der Waals surface area contributed by atoms with Crippen LogP contribution in [0.25, 0.3) is 89.2 Å². The Hall–Kier alpha value is -14.1. The second kappa shape index (κ2) is 37.7. The van der Waals surface area contributed by atoms with E-state index in [0.717, 1.165) is 175 Å². The third kappa shape index (κ3) is 21.4. The van der Waals surface area contributed by atoms with E-state index < -0.39 is 0 Å². The van der Waals surface area contributed by atoms with E-state index in [4.69, 9.17) is 9.47 Å². The molecule has 2 fully saturated rings. The maximum Gasteiger partial charge on any atom is 0.270 e. The molecule has 2 saturated heterocycles. The van der Waals surface area contributed by atoms with E-state index in [1.165, 1.54) is 11.4 Å². The van der Waals surface area contributed by atoms with Crippen molar-refractivity contribution in [2.75, 3.05) is 102 Å². The van der Waals surface area contributed by atoms with Gasteiger partial charge >= 0.3 is 0 Å². The molecule has 9 N–H and O–H groups in total. The number of aliphatic hydroxyl groups excluding tert-OH is 1. The average Bonchev–Trinajstić information content (AvgIpc) is 1.67. The van der Waals surface area contributed by atoms with Gasteiger partial charge < -0.3 is 75.4 Å². The maximum atomic E-state index is 12.9. The van der Waals surface area contributed by atoms with Crippen LogP contribution in [-0.2, 0) is 40.1 Å². The fourth-order valence-electron chi connectivity index (χ4n) is 14.1. The van der Waals surface area contributed by atoms with Crippen molar-refractivity contribution in [2.45, 2.75) is 79.1 Å². The molecule has 0 aliphatic carbocycles. The molecule has 0 spiro atoms. The number of nitrogens with one attached hydrogen (secondary N) is 8. The number of aliphatic hydroxyl groups is 1. The Kier molecular flexibility index (Phi) is 25.7. The molecule has 123 heavy (non-hydrogen) atoms. The van der Waals surface area contributed by atoms with Crippen molar-refractivity contribution in [3.05, 3.63) is 264 Å². The van der Waals surface area contributed by atoms with Gasteiger partial charge in [-0.05, 0) is 213 Å². The highest BCUT2D eigenvalue weighted by Crippen LogP contribution is 2.33. The molecule has 18 rings (SSSR count). The van der Waals surface area contributed by atoms with Crippen molar-refractivity contribution in [1.29, 1.82) is 0 Å². The molecule has 0 bridgehead atoms. The summed E-state index contributed by atoms with van der Waals surface area (Å²) in [7, 11) is 7.50. The summed E-state index contributed by atoms with van der Waals surface area (Å²) in [6, 6.07) is 55.0. The number of aromatic nitrogens is 16. The summed E-state index contributed by atoms with van der Waals surface area (Å²) in [5.74, 6) is 2.09. The summed E-state index contributed by atoms with van der Waals surface area (Å²) in [4.78, 5) is 101. The van der Waals surface area contributed by atoms with Crippen molar-refractivity contribution >= 4 is 102 Å². The van der Waals surface area contributed by atoms with Gasteiger partial charge in [-0.3, -0.25) is 29.5 Å². The molecule has 0 atom stereocenters. The van der Waals surface area contributed by atoms with Crippen LogP contribution in [0.4, 0.5) is 46.5 Å². The Morgan fingerprint density at radius 2 is 0.659 bits per heavy atom. The Morgan fingerprint density at radius 3 is 0.984 bits per heavy atom. The maximum absolute atomic E-state index is 12.9. The fourth-order valence-corrected chi connectivity index (χ4v) is 14.1. The Bertz CT molecular complexity index is 6390. The lowest BCUT2D eigenvalue weighted by Crippen LogP contribution is -2.47. The third-order valence-corrected chi connectivity index (χ3v) is 21.0. The molecule has 2 aliphatic heterocycles. The number of aryl methyl sites for hydroxylation is 1. The second-order valence-electron chi connectivity index (χ2n) is 32.6. The fraction of sp³-hybridized carbons (Fsp3) is 0.255. The van der Waals surface area contributed by atoms with Gasteiger partial charge in [0.05, 0.1) is 65.4 Å². The van der Waals surface area contributed by atoms with E-state index >= 15 is 0 Å². The molecule has 12 aromatic heterocycles. The smallest absolute Gasteiger partial charge is 0.270 e. The molecule has 626 valence electrons. The van der Waals surface area contributed by atoms with Crippen molar-refractivity contribution in [2.24, 2.45) is 0 Å². The number of H-pyrrole nitrogens is 4. The van der Waals surface area contributed by atoms with E-state index in [0.29, 0.717) is 59.8 Å². The van der Waals surface area contributed by atoms with E-state index in [-0.39, 0.29) is 29.3 Å². The van der Waals surface area contributed by atoms with Crippen LogP contribution in [0.5, 0.6) is 0 Å². The van der Waals surface area contributed by atoms with Crippen molar-refractivity contribution in [3.63, 3.8) is 0 Å². The molecule has 2 aliphatic rings. The molecule has 29 nitrogen and oxygen atoms in total. The van der Waals surface area contributed by atoms with Crippen LogP contribution in [-0.4, -0.2) is 197 Å². The molecule has 2 amide bonds. The number of amides is 2. The zero-order chi connectivity index (χ0) is 85.7. The summed E-state index contributed by atoms with van der Waals surface area (Å²) in [6.07, 6.45) is 13.8. The lowest BCUT2D eigenvalue weighted by atomic mass is 9.92. The zero-order valence-electron chi connectivity index (χ0n) is 70.8. The number of hydrogen-bond acceptors (Lipinski definition) is 23. The molecule has 0 unspecified atom stereocenters. The highest BCUT2D eigenvalue weighted by molar-refractivity contribution is 6.00. The number of carbonyl (C=O) groups is 2. The van der Waals surface area contributed by atoms with Crippen molar-refractivity contribution in [3.8, 4) is 45.6 Å².